The first-order valence-corrected chi connectivity index (χ1v) is 8.40. The molecule has 0 unspecified atom stereocenters. The van der Waals surface area contributed by atoms with Crippen molar-refractivity contribution in [3.05, 3.63) is 24.3 Å². The van der Waals surface area contributed by atoms with Gasteiger partial charge in [0.05, 0.1) is 19.6 Å². The summed E-state index contributed by atoms with van der Waals surface area (Å²) in [5.41, 5.74) is 0.432. The van der Waals surface area contributed by atoms with E-state index in [9.17, 15) is 19.8 Å². The van der Waals surface area contributed by atoms with E-state index in [-0.39, 0.29) is 12.2 Å². The van der Waals surface area contributed by atoms with E-state index in [4.69, 9.17) is 4.74 Å². The molecule has 8 nitrogen and oxygen atoms in total. The number of carbonyl (C=O) groups excluding carboxylic acids is 1. The van der Waals surface area contributed by atoms with Crippen LogP contribution in [0.1, 0.15) is 12.8 Å². The normalized spacial score (nSPS) is 16.3. The number of morpholine rings is 1. The van der Waals surface area contributed by atoms with Crippen molar-refractivity contribution >= 4 is 17.6 Å². The van der Waals surface area contributed by atoms with E-state index in [0.717, 1.165) is 39.3 Å². The quantitative estimate of drug-likeness (QED) is 0.479. The first kappa shape index (κ1) is 19.2. The van der Waals surface area contributed by atoms with Gasteiger partial charge in [-0.25, -0.2) is 0 Å². The molecule has 0 bridgehead atoms. The third-order valence-corrected chi connectivity index (χ3v) is 3.96. The largest absolute Gasteiger partial charge is 0.508 e. The Balaban J connectivity index is 1.71. The Bertz CT molecular complexity index is 575. The summed E-state index contributed by atoms with van der Waals surface area (Å²) in [6.07, 6.45) is 0.625. The van der Waals surface area contributed by atoms with Crippen molar-refractivity contribution in [3.63, 3.8) is 0 Å². The van der Waals surface area contributed by atoms with Gasteiger partial charge in [-0.1, -0.05) is 6.07 Å². The van der Waals surface area contributed by atoms with Crippen LogP contribution in [0.2, 0.25) is 0 Å². The summed E-state index contributed by atoms with van der Waals surface area (Å²) in [5, 5.41) is 24.2. The predicted molar refractivity (Wildman–Crippen MR) is 92.7 cm³/mol. The average Bonchev–Trinajstić information content (AvgIpc) is 2.58. The third kappa shape index (κ3) is 7.08. The van der Waals surface area contributed by atoms with Gasteiger partial charge in [-0.15, -0.1) is 0 Å². The first-order chi connectivity index (χ1) is 12.0. The van der Waals surface area contributed by atoms with Crippen LogP contribution >= 0.6 is 0 Å². The molecule has 4 N–H and O–H groups in total. The molecule has 0 aliphatic carbocycles. The zero-order valence-electron chi connectivity index (χ0n) is 14.1. The maximum Gasteiger partial charge on any atom is 0.321 e. The Morgan fingerprint density at radius 1 is 1.28 bits per heavy atom. The summed E-state index contributed by atoms with van der Waals surface area (Å²) in [7, 11) is 0. The van der Waals surface area contributed by atoms with Gasteiger partial charge in [0, 0.05) is 24.8 Å². The van der Waals surface area contributed by atoms with E-state index in [1.165, 1.54) is 12.1 Å². The number of anilines is 1. The number of aliphatic carboxylic acids is 1. The minimum atomic E-state index is -1.06. The molecule has 0 aromatic heterocycles. The average molecular weight is 351 g/mol. The van der Waals surface area contributed by atoms with Crippen molar-refractivity contribution in [2.24, 2.45) is 0 Å². The van der Waals surface area contributed by atoms with E-state index >= 15 is 0 Å². The van der Waals surface area contributed by atoms with Gasteiger partial charge in [0.2, 0.25) is 5.91 Å². The SMILES string of the molecule is O=C(C[C@H](NCCCN1CCOCC1)C(=O)O)Nc1cccc(O)c1. The topological polar surface area (TPSA) is 111 Å². The molecular weight excluding hydrogens is 326 g/mol. The molecule has 0 spiro atoms. The summed E-state index contributed by atoms with van der Waals surface area (Å²) in [4.78, 5) is 25.6. The van der Waals surface area contributed by atoms with Crippen LogP contribution in [-0.4, -0.2) is 72.4 Å². The summed E-state index contributed by atoms with van der Waals surface area (Å²) >= 11 is 0. The zero-order chi connectivity index (χ0) is 18.1. The molecule has 1 saturated heterocycles. The van der Waals surface area contributed by atoms with Crippen molar-refractivity contribution in [2.45, 2.75) is 18.9 Å². The lowest BCUT2D eigenvalue weighted by molar-refractivity contribution is -0.141. The van der Waals surface area contributed by atoms with Crippen LogP contribution in [0, 0.1) is 0 Å². The minimum Gasteiger partial charge on any atom is -0.508 e. The number of hydrogen-bond donors (Lipinski definition) is 4. The Morgan fingerprint density at radius 2 is 2.04 bits per heavy atom. The highest BCUT2D eigenvalue weighted by Crippen LogP contribution is 2.15. The van der Waals surface area contributed by atoms with Crippen molar-refractivity contribution < 1.29 is 24.5 Å². The molecule has 1 aromatic carbocycles. The van der Waals surface area contributed by atoms with E-state index in [2.05, 4.69) is 15.5 Å². The van der Waals surface area contributed by atoms with Crippen molar-refractivity contribution in [1.29, 1.82) is 0 Å². The van der Waals surface area contributed by atoms with Crippen LogP contribution in [0.5, 0.6) is 5.75 Å². The van der Waals surface area contributed by atoms with E-state index in [1.54, 1.807) is 12.1 Å². The van der Waals surface area contributed by atoms with Gasteiger partial charge >= 0.3 is 5.97 Å². The number of phenols is 1. The second-order valence-electron chi connectivity index (χ2n) is 5.96. The van der Waals surface area contributed by atoms with Gasteiger partial charge in [-0.05, 0) is 31.6 Å². The fourth-order valence-electron chi connectivity index (χ4n) is 2.63. The van der Waals surface area contributed by atoms with Crippen LogP contribution in [0.15, 0.2) is 24.3 Å². The summed E-state index contributed by atoms with van der Waals surface area (Å²) < 4.78 is 5.28. The number of nitrogens with zero attached hydrogens (tertiary/aromatic N) is 1. The monoisotopic (exact) mass is 351 g/mol. The van der Waals surface area contributed by atoms with E-state index < -0.39 is 17.9 Å². The van der Waals surface area contributed by atoms with Crippen LogP contribution in [0.4, 0.5) is 5.69 Å². The molecule has 138 valence electrons. The van der Waals surface area contributed by atoms with Crippen LogP contribution in [-0.2, 0) is 14.3 Å². The first-order valence-electron chi connectivity index (χ1n) is 8.40. The second-order valence-corrected chi connectivity index (χ2v) is 5.96. The third-order valence-electron chi connectivity index (χ3n) is 3.96. The number of rotatable bonds is 9. The molecule has 0 saturated carbocycles. The van der Waals surface area contributed by atoms with Crippen LogP contribution < -0.4 is 10.6 Å². The van der Waals surface area contributed by atoms with Gasteiger partial charge in [0.1, 0.15) is 11.8 Å². The number of hydrogen-bond acceptors (Lipinski definition) is 6. The Morgan fingerprint density at radius 3 is 2.72 bits per heavy atom. The molecule has 1 amide bonds. The lowest BCUT2D eigenvalue weighted by Crippen LogP contribution is -2.42. The number of carboxylic acid groups (broad SMARTS) is 1. The van der Waals surface area contributed by atoms with Crippen molar-refractivity contribution in [3.8, 4) is 5.75 Å². The number of aromatic hydroxyl groups is 1. The maximum absolute atomic E-state index is 12.0. The predicted octanol–water partition coefficient (Wildman–Crippen LogP) is 0.486. The van der Waals surface area contributed by atoms with Crippen LogP contribution in [0.25, 0.3) is 0 Å². The van der Waals surface area contributed by atoms with Gasteiger partial charge in [0.15, 0.2) is 0 Å². The number of benzene rings is 1. The lowest BCUT2D eigenvalue weighted by atomic mass is 10.2. The fraction of sp³-hybridized carbons (Fsp3) is 0.529. The summed E-state index contributed by atoms with van der Waals surface area (Å²) in [6, 6.07) is 5.18. The van der Waals surface area contributed by atoms with Gasteiger partial charge < -0.3 is 25.6 Å². The number of phenolic OH excluding ortho intramolecular Hbond substituents is 1. The van der Waals surface area contributed by atoms with Gasteiger partial charge in [-0.2, -0.15) is 0 Å². The molecule has 1 aromatic rings. The standard InChI is InChI=1S/C17H25N3O5/c21-14-4-1-3-13(11-14)19-16(22)12-15(17(23)24)18-5-2-6-20-7-9-25-10-8-20/h1,3-4,11,15,18,21H,2,5-10,12H2,(H,19,22)(H,23,24)/t15-/m0/s1. The highest BCUT2D eigenvalue weighted by molar-refractivity contribution is 5.94. The summed E-state index contributed by atoms with van der Waals surface area (Å²) in [5.74, 6) is -1.44. The number of carboxylic acids is 1. The van der Waals surface area contributed by atoms with Crippen molar-refractivity contribution in [1.82, 2.24) is 10.2 Å². The molecular formula is C17H25N3O5. The summed E-state index contributed by atoms with van der Waals surface area (Å²) in [6.45, 7) is 4.66. The highest BCUT2D eigenvalue weighted by atomic mass is 16.5. The number of amides is 1. The lowest BCUT2D eigenvalue weighted by Gasteiger charge is -2.26. The Labute approximate surface area is 146 Å². The molecule has 1 aliphatic heterocycles. The van der Waals surface area contributed by atoms with Gasteiger partial charge in [0.25, 0.3) is 0 Å². The minimum absolute atomic E-state index is 0.0359. The molecule has 1 heterocycles. The fourth-order valence-corrected chi connectivity index (χ4v) is 2.63. The van der Waals surface area contributed by atoms with E-state index in [1.807, 2.05) is 0 Å². The zero-order valence-corrected chi connectivity index (χ0v) is 14.1. The Hall–Kier alpha value is -2.16. The molecule has 0 radical (unpaired) electrons. The molecule has 8 heteroatoms. The molecule has 1 fully saturated rings. The maximum atomic E-state index is 12.0. The van der Waals surface area contributed by atoms with E-state index in [0.29, 0.717) is 12.2 Å². The molecule has 1 aliphatic rings. The van der Waals surface area contributed by atoms with Crippen molar-refractivity contribution in [2.75, 3.05) is 44.7 Å². The molecule has 1 atom stereocenters. The smallest absolute Gasteiger partial charge is 0.321 e. The molecule has 2 rings (SSSR count). The highest BCUT2D eigenvalue weighted by Gasteiger charge is 2.21. The van der Waals surface area contributed by atoms with Gasteiger partial charge in [-0.3, -0.25) is 14.5 Å². The Kier molecular flexibility index (Phi) is 7.65. The van der Waals surface area contributed by atoms with Crippen LogP contribution in [0.3, 0.4) is 0 Å². The second kappa shape index (κ2) is 9.97. The number of nitrogens with one attached hydrogen (secondary N) is 2. The molecule has 25 heavy (non-hydrogen) atoms. The number of ether oxygens (including phenoxy) is 1. The number of carbonyl (C=O) groups is 2.